The number of benzene rings is 3. The minimum Gasteiger partial charge on any atom is -0.351 e. The molecule has 5 rings (SSSR count). The summed E-state index contributed by atoms with van der Waals surface area (Å²) in [4.78, 5) is 22.0. The van der Waals surface area contributed by atoms with Crippen LogP contribution in [0.1, 0.15) is 10.4 Å². The van der Waals surface area contributed by atoms with Crippen molar-refractivity contribution in [3.8, 4) is 0 Å². The maximum absolute atomic E-state index is 13.2. The highest BCUT2D eigenvalue weighted by atomic mass is 35.5. The standard InChI is InChI=1S/C26H25ClFN5O3S2/c27-21-5-3-7-23-24(21)30-26(37-23)33-16-14-32(15-17-33)13-12-29-25(34)20-4-1-2-6-22(20)31-38(35,36)19-10-8-18(28)9-11-19/h1-11,31H,12-17H2,(H,29,34). The van der Waals surface area contributed by atoms with E-state index in [2.05, 4.69) is 19.8 Å². The predicted octanol–water partition coefficient (Wildman–Crippen LogP) is 4.44. The zero-order valence-corrected chi connectivity index (χ0v) is 22.6. The largest absolute Gasteiger partial charge is 0.351 e. The van der Waals surface area contributed by atoms with Gasteiger partial charge in [-0.15, -0.1) is 0 Å². The predicted molar refractivity (Wildman–Crippen MR) is 149 cm³/mol. The van der Waals surface area contributed by atoms with Gasteiger partial charge in [0.15, 0.2) is 5.13 Å². The Kier molecular flexibility index (Phi) is 7.80. The van der Waals surface area contributed by atoms with E-state index in [1.165, 1.54) is 18.2 Å². The SMILES string of the molecule is O=C(NCCN1CCN(c2nc3c(Cl)cccc3s2)CC1)c1ccccc1NS(=O)(=O)c1ccc(F)cc1. The number of piperazine rings is 1. The number of hydrogen-bond donors (Lipinski definition) is 2. The van der Waals surface area contributed by atoms with Crippen molar-refractivity contribution in [3.05, 3.63) is 83.1 Å². The number of amides is 1. The van der Waals surface area contributed by atoms with E-state index in [-0.39, 0.29) is 22.1 Å². The summed E-state index contributed by atoms with van der Waals surface area (Å²) in [7, 11) is -3.98. The Morgan fingerprint density at radius 2 is 1.74 bits per heavy atom. The molecule has 8 nitrogen and oxygen atoms in total. The van der Waals surface area contributed by atoms with E-state index < -0.39 is 15.8 Å². The summed E-state index contributed by atoms with van der Waals surface area (Å²) in [5.41, 5.74) is 1.19. The van der Waals surface area contributed by atoms with E-state index in [9.17, 15) is 17.6 Å². The number of nitrogens with one attached hydrogen (secondary N) is 2. The number of anilines is 2. The lowest BCUT2D eigenvalue weighted by Crippen LogP contribution is -2.48. The number of sulfonamides is 1. The maximum Gasteiger partial charge on any atom is 0.261 e. The highest BCUT2D eigenvalue weighted by Gasteiger charge is 2.21. The molecule has 1 fully saturated rings. The second kappa shape index (κ2) is 11.2. The zero-order chi connectivity index (χ0) is 26.7. The van der Waals surface area contributed by atoms with Gasteiger partial charge in [0.1, 0.15) is 11.3 Å². The highest BCUT2D eigenvalue weighted by molar-refractivity contribution is 7.92. The normalized spacial score (nSPS) is 14.5. The molecular weight excluding hydrogens is 549 g/mol. The van der Waals surface area contributed by atoms with Crippen molar-refractivity contribution < 1.29 is 17.6 Å². The first-order chi connectivity index (χ1) is 18.3. The fourth-order valence-electron chi connectivity index (χ4n) is 4.21. The first-order valence-electron chi connectivity index (χ1n) is 12.0. The summed E-state index contributed by atoms with van der Waals surface area (Å²) in [5.74, 6) is -0.917. The number of halogens is 2. The second-order valence-corrected chi connectivity index (χ2v) is 11.9. The molecule has 2 N–H and O–H groups in total. The molecule has 0 spiro atoms. The topological polar surface area (TPSA) is 94.6 Å². The number of nitrogens with zero attached hydrogens (tertiary/aromatic N) is 3. The lowest BCUT2D eigenvalue weighted by atomic mass is 10.1. The fourth-order valence-corrected chi connectivity index (χ4v) is 6.61. The minimum atomic E-state index is -3.98. The van der Waals surface area contributed by atoms with Gasteiger partial charge >= 0.3 is 0 Å². The number of carbonyl (C=O) groups excluding carboxylic acids is 1. The molecule has 38 heavy (non-hydrogen) atoms. The number of para-hydroxylation sites is 2. The monoisotopic (exact) mass is 573 g/mol. The molecule has 2 heterocycles. The van der Waals surface area contributed by atoms with Crippen molar-refractivity contribution in [2.24, 2.45) is 0 Å². The molecule has 1 aliphatic rings. The first kappa shape index (κ1) is 26.4. The van der Waals surface area contributed by atoms with Gasteiger partial charge in [-0.05, 0) is 48.5 Å². The molecule has 12 heteroatoms. The zero-order valence-electron chi connectivity index (χ0n) is 20.2. The molecule has 0 aliphatic carbocycles. The summed E-state index contributed by atoms with van der Waals surface area (Å²) in [6.07, 6.45) is 0. The molecule has 198 valence electrons. The Balaban J connectivity index is 1.14. The second-order valence-electron chi connectivity index (χ2n) is 8.77. The van der Waals surface area contributed by atoms with Gasteiger partial charge in [0.2, 0.25) is 0 Å². The third kappa shape index (κ3) is 5.91. The van der Waals surface area contributed by atoms with Crippen molar-refractivity contribution >= 4 is 59.9 Å². The fraction of sp³-hybridized carbons (Fsp3) is 0.231. The molecule has 1 amide bonds. The van der Waals surface area contributed by atoms with E-state index in [4.69, 9.17) is 16.6 Å². The summed E-state index contributed by atoms with van der Waals surface area (Å²) in [6, 6.07) is 16.7. The van der Waals surface area contributed by atoms with Crippen molar-refractivity contribution in [2.45, 2.75) is 4.90 Å². The van der Waals surface area contributed by atoms with E-state index in [1.54, 1.807) is 29.5 Å². The van der Waals surface area contributed by atoms with Gasteiger partial charge in [0.05, 0.1) is 25.9 Å². The van der Waals surface area contributed by atoms with Crippen LogP contribution in [0.3, 0.4) is 0 Å². The van der Waals surface area contributed by atoms with Gasteiger partial charge in [0, 0.05) is 39.3 Å². The molecule has 4 aromatic rings. The van der Waals surface area contributed by atoms with Crippen LogP contribution in [0.5, 0.6) is 0 Å². The van der Waals surface area contributed by atoms with Crippen molar-refractivity contribution in [3.63, 3.8) is 0 Å². The summed E-state index contributed by atoms with van der Waals surface area (Å²) >= 11 is 7.90. The Hall–Kier alpha value is -3.25. The number of thiazole rings is 1. The van der Waals surface area contributed by atoms with Crippen molar-refractivity contribution in [1.29, 1.82) is 0 Å². The Bertz CT molecular complexity index is 1550. The van der Waals surface area contributed by atoms with E-state index >= 15 is 0 Å². The smallest absolute Gasteiger partial charge is 0.261 e. The first-order valence-corrected chi connectivity index (χ1v) is 14.7. The van der Waals surface area contributed by atoms with Crippen molar-refractivity contribution in [2.75, 3.05) is 48.9 Å². The molecule has 0 radical (unpaired) electrons. The van der Waals surface area contributed by atoms with E-state index in [0.717, 1.165) is 53.7 Å². The molecule has 0 unspecified atom stereocenters. The molecule has 1 aliphatic heterocycles. The van der Waals surface area contributed by atoms with E-state index in [1.807, 2.05) is 18.2 Å². The summed E-state index contributed by atoms with van der Waals surface area (Å²) in [5, 5.41) is 4.50. The van der Waals surface area contributed by atoms with Crippen molar-refractivity contribution in [1.82, 2.24) is 15.2 Å². The Morgan fingerprint density at radius 1 is 1.00 bits per heavy atom. The summed E-state index contributed by atoms with van der Waals surface area (Å²) < 4.78 is 42.1. The quantitative estimate of drug-likeness (QED) is 0.324. The third-order valence-electron chi connectivity index (χ3n) is 6.25. The number of rotatable bonds is 8. The lowest BCUT2D eigenvalue weighted by Gasteiger charge is -2.34. The number of fused-ring (bicyclic) bond motifs is 1. The third-order valence-corrected chi connectivity index (χ3v) is 9.02. The van der Waals surface area contributed by atoms with Crippen LogP contribution in [0.15, 0.2) is 71.6 Å². The van der Waals surface area contributed by atoms with Crippen LogP contribution < -0.4 is 14.9 Å². The average molecular weight is 574 g/mol. The van der Waals surface area contributed by atoms with Gasteiger partial charge in [0.25, 0.3) is 15.9 Å². The van der Waals surface area contributed by atoms with Crippen LogP contribution in [-0.4, -0.2) is 63.5 Å². The van der Waals surface area contributed by atoms with Gasteiger partial charge in [-0.2, -0.15) is 0 Å². The Morgan fingerprint density at radius 3 is 2.47 bits per heavy atom. The van der Waals surface area contributed by atoms with Crippen LogP contribution >= 0.6 is 22.9 Å². The lowest BCUT2D eigenvalue weighted by molar-refractivity contribution is 0.0948. The Labute approximate surface area is 229 Å². The van der Waals surface area contributed by atoms with Crippen LogP contribution in [0.2, 0.25) is 5.02 Å². The minimum absolute atomic E-state index is 0.0952. The van der Waals surface area contributed by atoms with Gasteiger partial charge in [-0.1, -0.05) is 41.1 Å². The molecule has 3 aromatic carbocycles. The molecule has 0 bridgehead atoms. The number of hydrogen-bond acceptors (Lipinski definition) is 7. The van der Waals surface area contributed by atoms with Gasteiger partial charge in [-0.25, -0.2) is 17.8 Å². The van der Waals surface area contributed by atoms with Gasteiger partial charge < -0.3 is 10.2 Å². The van der Waals surface area contributed by atoms with Crippen LogP contribution in [0, 0.1) is 5.82 Å². The number of aromatic nitrogens is 1. The van der Waals surface area contributed by atoms with Crippen LogP contribution in [0.25, 0.3) is 10.2 Å². The summed E-state index contributed by atoms with van der Waals surface area (Å²) in [6.45, 7) is 4.36. The van der Waals surface area contributed by atoms with E-state index in [0.29, 0.717) is 18.1 Å². The molecule has 1 saturated heterocycles. The average Bonchev–Trinajstić information content (AvgIpc) is 3.35. The number of carbonyl (C=O) groups is 1. The van der Waals surface area contributed by atoms with Crippen LogP contribution in [0.4, 0.5) is 15.2 Å². The maximum atomic E-state index is 13.2. The van der Waals surface area contributed by atoms with Gasteiger partial charge in [-0.3, -0.25) is 14.4 Å². The van der Waals surface area contributed by atoms with Crippen LogP contribution in [-0.2, 0) is 10.0 Å². The molecular formula is C26H25ClFN5O3S2. The highest BCUT2D eigenvalue weighted by Crippen LogP contribution is 2.33. The molecule has 1 aromatic heterocycles. The molecule has 0 atom stereocenters. The molecule has 0 saturated carbocycles.